The number of allylic oxidation sites excluding steroid dienone is 1. The lowest BCUT2D eigenvalue weighted by Crippen LogP contribution is -2.31. The first-order valence-electron chi connectivity index (χ1n) is 8.52. The molecule has 28 heavy (non-hydrogen) atoms. The van der Waals surface area contributed by atoms with Crippen LogP contribution in [0.1, 0.15) is 18.5 Å². The minimum Gasteiger partial charge on any atom is -0.328 e. The number of halogens is 1. The van der Waals surface area contributed by atoms with Crippen molar-refractivity contribution in [2.24, 2.45) is 0 Å². The van der Waals surface area contributed by atoms with Crippen molar-refractivity contribution in [3.8, 4) is 0 Å². The molecule has 7 nitrogen and oxygen atoms in total. The van der Waals surface area contributed by atoms with Crippen LogP contribution in [0.15, 0.2) is 65.2 Å². The van der Waals surface area contributed by atoms with Crippen LogP contribution in [-0.2, 0) is 4.79 Å². The van der Waals surface area contributed by atoms with Crippen LogP contribution in [0.25, 0.3) is 0 Å². The highest BCUT2D eigenvalue weighted by molar-refractivity contribution is 7.98. The molecule has 1 amide bonds. The molecule has 3 aromatic rings. The number of fused-ring (bicyclic) bond motifs is 1. The van der Waals surface area contributed by atoms with Crippen molar-refractivity contribution in [2.75, 3.05) is 16.9 Å². The molecule has 0 spiro atoms. The third kappa shape index (κ3) is 3.36. The lowest BCUT2D eigenvalue weighted by molar-refractivity contribution is -0.113. The number of nitrogens with zero attached hydrogens (tertiary/aromatic N) is 4. The molecule has 0 aliphatic carbocycles. The van der Waals surface area contributed by atoms with E-state index in [-0.39, 0.29) is 11.7 Å². The van der Waals surface area contributed by atoms with Crippen molar-refractivity contribution in [2.45, 2.75) is 18.1 Å². The van der Waals surface area contributed by atoms with E-state index < -0.39 is 6.04 Å². The fraction of sp³-hybridized carbons (Fsp3) is 0.158. The van der Waals surface area contributed by atoms with Crippen LogP contribution in [0.3, 0.4) is 0 Å². The molecule has 3 heterocycles. The Morgan fingerprint density at radius 2 is 2.07 bits per heavy atom. The summed E-state index contributed by atoms with van der Waals surface area (Å²) in [6.07, 6.45) is 5.27. The molecule has 1 aliphatic rings. The summed E-state index contributed by atoms with van der Waals surface area (Å²) >= 11 is 1.42. The van der Waals surface area contributed by atoms with Gasteiger partial charge in [-0.25, -0.2) is 9.07 Å². The van der Waals surface area contributed by atoms with Gasteiger partial charge in [0.15, 0.2) is 0 Å². The number of rotatable bonds is 4. The van der Waals surface area contributed by atoms with Crippen molar-refractivity contribution in [3.05, 3.63) is 71.4 Å². The zero-order valence-electron chi connectivity index (χ0n) is 15.2. The van der Waals surface area contributed by atoms with Gasteiger partial charge in [-0.3, -0.25) is 9.78 Å². The Hall–Kier alpha value is -3.20. The van der Waals surface area contributed by atoms with Crippen molar-refractivity contribution in [3.63, 3.8) is 0 Å². The van der Waals surface area contributed by atoms with Gasteiger partial charge in [-0.15, -0.1) is 5.10 Å². The molecule has 1 aliphatic heterocycles. The van der Waals surface area contributed by atoms with Crippen LogP contribution >= 0.6 is 11.8 Å². The fourth-order valence-corrected chi connectivity index (χ4v) is 3.44. The van der Waals surface area contributed by atoms with Crippen LogP contribution in [0, 0.1) is 5.82 Å². The van der Waals surface area contributed by atoms with Crippen molar-refractivity contribution in [1.82, 2.24) is 19.7 Å². The third-order valence-electron chi connectivity index (χ3n) is 4.36. The SMILES string of the molecule is CSc1nc2n(n1)[C@@H](c1cccnc1)C(C(=O)Nc1ccc(F)cc1)=C(C)N2. The predicted molar refractivity (Wildman–Crippen MR) is 106 cm³/mol. The van der Waals surface area contributed by atoms with Crippen molar-refractivity contribution in [1.29, 1.82) is 0 Å². The first-order chi connectivity index (χ1) is 13.6. The van der Waals surface area contributed by atoms with E-state index >= 15 is 0 Å². The second kappa shape index (κ2) is 7.43. The Morgan fingerprint density at radius 1 is 1.29 bits per heavy atom. The molecule has 0 unspecified atom stereocenters. The van der Waals surface area contributed by atoms with E-state index in [1.54, 1.807) is 17.1 Å². The average molecular weight is 396 g/mol. The molecular formula is C19H17FN6OS. The van der Waals surface area contributed by atoms with Crippen LogP contribution in [-0.4, -0.2) is 31.9 Å². The molecule has 2 aromatic heterocycles. The summed E-state index contributed by atoms with van der Waals surface area (Å²) in [5.41, 5.74) is 2.47. The monoisotopic (exact) mass is 396 g/mol. The van der Waals surface area contributed by atoms with Gasteiger partial charge in [0, 0.05) is 23.8 Å². The summed E-state index contributed by atoms with van der Waals surface area (Å²) < 4.78 is 14.9. The van der Waals surface area contributed by atoms with E-state index in [9.17, 15) is 9.18 Å². The third-order valence-corrected chi connectivity index (χ3v) is 4.90. The minimum atomic E-state index is -0.487. The van der Waals surface area contributed by atoms with Crippen LogP contribution < -0.4 is 10.6 Å². The quantitative estimate of drug-likeness (QED) is 0.657. The van der Waals surface area contributed by atoms with Gasteiger partial charge in [0.25, 0.3) is 5.91 Å². The van der Waals surface area contributed by atoms with E-state index in [0.717, 1.165) is 5.56 Å². The van der Waals surface area contributed by atoms with Crippen molar-refractivity contribution < 1.29 is 9.18 Å². The normalized spacial score (nSPS) is 15.8. The number of hydrogen-bond donors (Lipinski definition) is 2. The van der Waals surface area contributed by atoms with Crippen LogP contribution in [0.2, 0.25) is 0 Å². The standard InChI is InChI=1S/C19H17FN6OS/c1-11-15(17(27)23-14-7-5-13(20)6-8-14)16(12-4-3-9-21-10-12)26-18(22-11)24-19(25-26)28-2/h3-10,16H,1-2H3,(H,23,27)(H,22,24,25)/t16-/m0/s1. The Labute approximate surface area is 165 Å². The van der Waals surface area contributed by atoms with Gasteiger partial charge in [0.2, 0.25) is 11.1 Å². The highest BCUT2D eigenvalue weighted by Gasteiger charge is 2.34. The predicted octanol–water partition coefficient (Wildman–Crippen LogP) is 3.46. The first-order valence-corrected chi connectivity index (χ1v) is 9.74. The highest BCUT2D eigenvalue weighted by atomic mass is 32.2. The fourth-order valence-electron chi connectivity index (χ4n) is 3.09. The molecule has 1 atom stereocenters. The molecule has 1 aromatic carbocycles. The van der Waals surface area contributed by atoms with Gasteiger partial charge in [0.1, 0.15) is 11.9 Å². The molecule has 4 rings (SSSR count). The van der Waals surface area contributed by atoms with E-state index in [1.165, 1.54) is 36.0 Å². The number of nitrogens with one attached hydrogen (secondary N) is 2. The second-order valence-corrected chi connectivity index (χ2v) is 6.95. The van der Waals surface area contributed by atoms with Gasteiger partial charge in [0.05, 0.1) is 5.57 Å². The number of hydrogen-bond acceptors (Lipinski definition) is 6. The number of anilines is 2. The Kier molecular flexibility index (Phi) is 4.82. The Balaban J connectivity index is 1.76. The largest absolute Gasteiger partial charge is 0.328 e. The average Bonchev–Trinajstić information content (AvgIpc) is 3.12. The summed E-state index contributed by atoms with van der Waals surface area (Å²) in [5, 5.41) is 11.1. The van der Waals surface area contributed by atoms with Gasteiger partial charge in [-0.2, -0.15) is 4.98 Å². The summed E-state index contributed by atoms with van der Waals surface area (Å²) in [4.78, 5) is 21.8. The van der Waals surface area contributed by atoms with Gasteiger partial charge >= 0.3 is 0 Å². The molecule has 142 valence electrons. The van der Waals surface area contributed by atoms with Crippen molar-refractivity contribution >= 4 is 29.3 Å². The summed E-state index contributed by atoms with van der Waals surface area (Å²) in [7, 11) is 0. The Morgan fingerprint density at radius 3 is 2.75 bits per heavy atom. The maximum atomic E-state index is 13.2. The number of benzene rings is 1. The smallest absolute Gasteiger partial charge is 0.255 e. The van der Waals surface area contributed by atoms with E-state index in [1.807, 2.05) is 25.3 Å². The Bertz CT molecular complexity index is 1050. The highest BCUT2D eigenvalue weighted by Crippen LogP contribution is 2.36. The number of amides is 1. The zero-order valence-corrected chi connectivity index (χ0v) is 16.0. The molecule has 0 fully saturated rings. The van der Waals surface area contributed by atoms with E-state index in [2.05, 4.69) is 25.7 Å². The molecular weight excluding hydrogens is 379 g/mol. The number of carbonyl (C=O) groups excluding carboxylic acids is 1. The molecule has 0 bridgehead atoms. The van der Waals surface area contributed by atoms with Gasteiger partial charge in [-0.1, -0.05) is 17.8 Å². The van der Waals surface area contributed by atoms with E-state index in [0.29, 0.717) is 28.1 Å². The van der Waals surface area contributed by atoms with Crippen LogP contribution in [0.5, 0.6) is 0 Å². The van der Waals surface area contributed by atoms with E-state index in [4.69, 9.17) is 0 Å². The number of thioether (sulfide) groups is 1. The first kappa shape index (κ1) is 18.2. The lowest BCUT2D eigenvalue weighted by atomic mass is 9.96. The maximum Gasteiger partial charge on any atom is 0.255 e. The number of pyridine rings is 1. The molecule has 0 saturated heterocycles. The van der Waals surface area contributed by atoms with Crippen LogP contribution in [0.4, 0.5) is 16.0 Å². The minimum absolute atomic E-state index is 0.308. The summed E-state index contributed by atoms with van der Waals surface area (Å²) in [6.45, 7) is 1.82. The molecule has 9 heteroatoms. The van der Waals surface area contributed by atoms with Gasteiger partial charge < -0.3 is 10.6 Å². The molecule has 0 saturated carbocycles. The number of carbonyl (C=O) groups is 1. The van der Waals surface area contributed by atoms with Gasteiger partial charge in [-0.05, 0) is 49.1 Å². The summed E-state index contributed by atoms with van der Waals surface area (Å²) in [5.74, 6) is -0.107. The maximum absolute atomic E-state index is 13.2. The molecule has 0 radical (unpaired) electrons. The molecule has 2 N–H and O–H groups in total. The lowest BCUT2D eigenvalue weighted by Gasteiger charge is -2.28. The number of aromatic nitrogens is 4. The second-order valence-electron chi connectivity index (χ2n) is 6.18. The zero-order chi connectivity index (χ0) is 19.7. The topological polar surface area (TPSA) is 84.7 Å². The summed E-state index contributed by atoms with van der Waals surface area (Å²) in [6, 6.07) is 8.86.